The van der Waals surface area contributed by atoms with Gasteiger partial charge in [0.1, 0.15) is 0 Å². The highest BCUT2D eigenvalue weighted by molar-refractivity contribution is 5.76. The zero-order valence-corrected chi connectivity index (χ0v) is 11.9. The van der Waals surface area contributed by atoms with Crippen molar-refractivity contribution in [2.45, 2.75) is 38.5 Å². The largest absolute Gasteiger partial charge is 0.340 e. The van der Waals surface area contributed by atoms with Gasteiger partial charge in [-0.05, 0) is 32.1 Å². The molecular weight excluding hydrogens is 238 g/mol. The monoisotopic (exact) mass is 265 g/mol. The molecular formula is C15H27N3O. The second kappa shape index (κ2) is 7.65. The predicted octanol–water partition coefficient (Wildman–Crippen LogP) is 1.37. The van der Waals surface area contributed by atoms with Gasteiger partial charge in [0.05, 0.1) is 0 Å². The molecule has 1 fully saturated rings. The molecule has 2 aliphatic rings. The summed E-state index contributed by atoms with van der Waals surface area (Å²) in [5, 5.41) is 0. The third kappa shape index (κ3) is 4.62. The van der Waals surface area contributed by atoms with Crippen molar-refractivity contribution in [2.24, 2.45) is 5.73 Å². The molecule has 4 heteroatoms. The van der Waals surface area contributed by atoms with Gasteiger partial charge in [-0.3, -0.25) is 9.69 Å². The van der Waals surface area contributed by atoms with Gasteiger partial charge < -0.3 is 10.6 Å². The van der Waals surface area contributed by atoms with Crippen LogP contribution in [-0.4, -0.2) is 55.0 Å². The number of amides is 1. The number of allylic oxidation sites excluding steroid dienone is 1. The highest BCUT2D eigenvalue weighted by Crippen LogP contribution is 2.20. The van der Waals surface area contributed by atoms with Crippen LogP contribution in [0.2, 0.25) is 0 Å². The fourth-order valence-corrected chi connectivity index (χ4v) is 2.94. The molecule has 1 aliphatic heterocycles. The van der Waals surface area contributed by atoms with Gasteiger partial charge in [-0.15, -0.1) is 0 Å². The van der Waals surface area contributed by atoms with E-state index in [-0.39, 0.29) is 5.91 Å². The first-order valence-electron chi connectivity index (χ1n) is 7.67. The Labute approximate surface area is 116 Å². The summed E-state index contributed by atoms with van der Waals surface area (Å²) in [4.78, 5) is 16.2. The van der Waals surface area contributed by atoms with Crippen LogP contribution in [0.15, 0.2) is 11.6 Å². The first-order valence-corrected chi connectivity index (χ1v) is 7.67. The standard InChI is InChI=1S/C15H27N3O/c16-8-6-15(19)18-12-10-17(11-13-18)9-7-14-4-2-1-3-5-14/h4H,1-3,5-13,16H2. The molecule has 1 heterocycles. The van der Waals surface area contributed by atoms with Gasteiger partial charge in [-0.2, -0.15) is 0 Å². The van der Waals surface area contributed by atoms with E-state index in [1.54, 1.807) is 5.57 Å². The SMILES string of the molecule is NCCC(=O)N1CCN(CCC2=CCCCC2)CC1. The average Bonchev–Trinajstić information content (AvgIpc) is 2.47. The molecule has 0 aromatic heterocycles. The summed E-state index contributed by atoms with van der Waals surface area (Å²) in [5.74, 6) is 0.220. The predicted molar refractivity (Wildman–Crippen MR) is 77.9 cm³/mol. The molecule has 0 aromatic rings. The first kappa shape index (κ1) is 14.5. The molecule has 2 rings (SSSR count). The minimum atomic E-state index is 0.220. The van der Waals surface area contributed by atoms with Gasteiger partial charge in [-0.25, -0.2) is 0 Å². The van der Waals surface area contributed by atoms with Crippen molar-refractivity contribution in [2.75, 3.05) is 39.3 Å². The summed E-state index contributed by atoms with van der Waals surface area (Å²) in [5.41, 5.74) is 7.08. The van der Waals surface area contributed by atoms with Crippen molar-refractivity contribution in [3.05, 3.63) is 11.6 Å². The lowest BCUT2D eigenvalue weighted by molar-refractivity contribution is -0.132. The first-order chi connectivity index (χ1) is 9.29. The smallest absolute Gasteiger partial charge is 0.223 e. The van der Waals surface area contributed by atoms with Gasteiger partial charge >= 0.3 is 0 Å². The van der Waals surface area contributed by atoms with E-state index in [0.717, 1.165) is 32.7 Å². The Morgan fingerprint density at radius 1 is 1.21 bits per heavy atom. The van der Waals surface area contributed by atoms with E-state index in [1.165, 1.54) is 32.1 Å². The van der Waals surface area contributed by atoms with E-state index < -0.39 is 0 Å². The van der Waals surface area contributed by atoms with Crippen LogP contribution in [0.5, 0.6) is 0 Å². The van der Waals surface area contributed by atoms with E-state index in [1.807, 2.05) is 4.90 Å². The molecule has 0 aromatic carbocycles. The van der Waals surface area contributed by atoms with Gasteiger partial charge in [-0.1, -0.05) is 11.6 Å². The molecule has 4 nitrogen and oxygen atoms in total. The molecule has 1 amide bonds. The highest BCUT2D eigenvalue weighted by Gasteiger charge is 2.20. The van der Waals surface area contributed by atoms with Crippen molar-refractivity contribution >= 4 is 5.91 Å². The number of carbonyl (C=O) groups is 1. The number of nitrogens with two attached hydrogens (primary N) is 1. The molecule has 1 aliphatic carbocycles. The number of hydrogen-bond acceptors (Lipinski definition) is 3. The molecule has 0 saturated carbocycles. The van der Waals surface area contributed by atoms with Crippen LogP contribution in [0.4, 0.5) is 0 Å². The van der Waals surface area contributed by atoms with E-state index in [0.29, 0.717) is 13.0 Å². The Balaban J connectivity index is 1.65. The molecule has 1 saturated heterocycles. The summed E-state index contributed by atoms with van der Waals surface area (Å²) in [6.45, 7) is 5.40. The second-order valence-electron chi connectivity index (χ2n) is 5.62. The maximum Gasteiger partial charge on any atom is 0.223 e. The van der Waals surface area contributed by atoms with E-state index >= 15 is 0 Å². The van der Waals surface area contributed by atoms with Crippen LogP contribution in [0.1, 0.15) is 38.5 Å². The Bertz CT molecular complexity index is 319. The lowest BCUT2D eigenvalue weighted by Crippen LogP contribution is -2.49. The Hall–Kier alpha value is -0.870. The highest BCUT2D eigenvalue weighted by atomic mass is 16.2. The van der Waals surface area contributed by atoms with Crippen LogP contribution >= 0.6 is 0 Å². The maximum atomic E-state index is 11.7. The lowest BCUT2D eigenvalue weighted by Gasteiger charge is -2.35. The molecule has 0 atom stereocenters. The molecule has 0 radical (unpaired) electrons. The van der Waals surface area contributed by atoms with Gasteiger partial charge in [0.15, 0.2) is 0 Å². The van der Waals surface area contributed by atoms with E-state index in [2.05, 4.69) is 11.0 Å². The fraction of sp³-hybridized carbons (Fsp3) is 0.800. The summed E-state index contributed by atoms with van der Waals surface area (Å²) in [6.07, 6.45) is 9.46. The second-order valence-corrected chi connectivity index (χ2v) is 5.62. The maximum absolute atomic E-state index is 11.7. The van der Waals surface area contributed by atoms with Crippen molar-refractivity contribution in [1.29, 1.82) is 0 Å². The number of piperazine rings is 1. The van der Waals surface area contributed by atoms with Crippen LogP contribution in [0.25, 0.3) is 0 Å². The molecule has 2 N–H and O–H groups in total. The molecule has 19 heavy (non-hydrogen) atoms. The topological polar surface area (TPSA) is 49.6 Å². The molecule has 0 spiro atoms. The number of nitrogens with zero attached hydrogens (tertiary/aromatic N) is 2. The zero-order valence-electron chi connectivity index (χ0n) is 11.9. The average molecular weight is 265 g/mol. The Morgan fingerprint density at radius 3 is 2.63 bits per heavy atom. The summed E-state index contributed by atoms with van der Waals surface area (Å²) in [6, 6.07) is 0. The van der Waals surface area contributed by atoms with Crippen molar-refractivity contribution < 1.29 is 4.79 Å². The third-order valence-corrected chi connectivity index (χ3v) is 4.22. The molecule has 108 valence electrons. The zero-order chi connectivity index (χ0) is 13.5. The summed E-state index contributed by atoms with van der Waals surface area (Å²) >= 11 is 0. The number of rotatable bonds is 5. The van der Waals surface area contributed by atoms with E-state index in [9.17, 15) is 4.79 Å². The minimum absolute atomic E-state index is 0.220. The molecule has 0 bridgehead atoms. The van der Waals surface area contributed by atoms with Crippen LogP contribution in [0, 0.1) is 0 Å². The lowest BCUT2D eigenvalue weighted by atomic mass is 9.97. The van der Waals surface area contributed by atoms with Crippen LogP contribution in [-0.2, 0) is 4.79 Å². The summed E-state index contributed by atoms with van der Waals surface area (Å²) < 4.78 is 0. The normalized spacial score (nSPS) is 21.3. The Kier molecular flexibility index (Phi) is 5.86. The van der Waals surface area contributed by atoms with Crippen LogP contribution in [0.3, 0.4) is 0 Å². The van der Waals surface area contributed by atoms with Gasteiger partial charge in [0.2, 0.25) is 5.91 Å². The summed E-state index contributed by atoms with van der Waals surface area (Å²) in [7, 11) is 0. The fourth-order valence-electron chi connectivity index (χ4n) is 2.94. The van der Waals surface area contributed by atoms with Crippen LogP contribution < -0.4 is 5.73 Å². The Morgan fingerprint density at radius 2 is 2.00 bits per heavy atom. The number of carbonyl (C=O) groups excluding carboxylic acids is 1. The van der Waals surface area contributed by atoms with Crippen molar-refractivity contribution in [1.82, 2.24) is 9.80 Å². The molecule has 0 unspecified atom stereocenters. The minimum Gasteiger partial charge on any atom is -0.340 e. The number of hydrogen-bond donors (Lipinski definition) is 1. The van der Waals surface area contributed by atoms with Crippen molar-refractivity contribution in [3.63, 3.8) is 0 Å². The van der Waals surface area contributed by atoms with Gasteiger partial charge in [0.25, 0.3) is 0 Å². The third-order valence-electron chi connectivity index (χ3n) is 4.22. The van der Waals surface area contributed by atoms with Crippen molar-refractivity contribution in [3.8, 4) is 0 Å². The quantitative estimate of drug-likeness (QED) is 0.764. The van der Waals surface area contributed by atoms with Gasteiger partial charge in [0, 0.05) is 45.7 Å². The van der Waals surface area contributed by atoms with E-state index in [4.69, 9.17) is 5.73 Å².